The van der Waals surface area contributed by atoms with Crippen molar-refractivity contribution in [3.8, 4) is 0 Å². The fourth-order valence-electron chi connectivity index (χ4n) is 13.3. The molecule has 3 heteroatoms. The smallest absolute Gasteiger partial charge is 0.0493 e. The van der Waals surface area contributed by atoms with Gasteiger partial charge in [-0.25, -0.2) is 0 Å². The molecular weight excluding hydrogens is 637 g/mol. The molecule has 51 heavy (non-hydrogen) atoms. The maximum atomic E-state index is 3.17. The molecule has 2 nitrogen and oxygen atoms in total. The van der Waals surface area contributed by atoms with E-state index < -0.39 is 0 Å². The summed E-state index contributed by atoms with van der Waals surface area (Å²) in [6, 6.07) is 1.36. The van der Waals surface area contributed by atoms with Crippen molar-refractivity contribution in [2.45, 2.75) is 144 Å². The molecule has 0 aromatic carbocycles. The molecule has 10 atom stereocenters. The van der Waals surface area contributed by atoms with Gasteiger partial charge in [-0.05, 0) is 174 Å². The molecule has 3 heterocycles. The van der Waals surface area contributed by atoms with Crippen LogP contribution in [0.4, 0.5) is 0 Å². The number of hydrogen-bond acceptors (Lipinski definition) is 2. The molecule has 0 radical (unpaired) electrons. The first-order valence-corrected chi connectivity index (χ1v) is 22.4. The average Bonchev–Trinajstić information content (AvgIpc) is 3.86. The molecule has 0 spiro atoms. The number of aromatic nitrogens is 1. The van der Waals surface area contributed by atoms with E-state index in [4.69, 9.17) is 0 Å². The van der Waals surface area contributed by atoms with Crippen LogP contribution in [0.1, 0.15) is 138 Å². The minimum absolute atomic E-state index is 0.576. The first kappa shape index (κ1) is 31.8. The lowest BCUT2D eigenvalue weighted by Crippen LogP contribution is -2.53. The summed E-state index contributed by atoms with van der Waals surface area (Å²) in [6.07, 6.45) is 54.6. The van der Waals surface area contributed by atoms with E-state index in [9.17, 15) is 0 Å². The summed E-state index contributed by atoms with van der Waals surface area (Å²) < 4.78 is 2.71. The molecule has 1 aromatic heterocycles. The minimum Gasteiger partial charge on any atom is -0.367 e. The number of thioether (sulfide) groups is 1. The van der Waals surface area contributed by atoms with E-state index in [-0.39, 0.29) is 0 Å². The second-order valence-corrected chi connectivity index (χ2v) is 19.2. The summed E-state index contributed by atoms with van der Waals surface area (Å²) in [6.45, 7) is 0. The molecular formula is C48H58N2S. The zero-order valence-corrected chi connectivity index (χ0v) is 31.5. The van der Waals surface area contributed by atoms with Crippen molar-refractivity contribution in [3.63, 3.8) is 0 Å². The highest BCUT2D eigenvalue weighted by molar-refractivity contribution is 8.01. The third kappa shape index (κ3) is 5.09. The van der Waals surface area contributed by atoms with Crippen molar-refractivity contribution in [2.75, 3.05) is 0 Å². The molecule has 1 saturated heterocycles. The van der Waals surface area contributed by atoms with Gasteiger partial charge in [0, 0.05) is 51.3 Å². The maximum absolute atomic E-state index is 3.17. The fourth-order valence-corrected chi connectivity index (χ4v) is 15.5. The molecule has 1 aromatic rings. The monoisotopic (exact) mass is 694 g/mol. The summed E-state index contributed by atoms with van der Waals surface area (Å²) in [5, 5.41) is 1.52. The fraction of sp³-hybridized carbons (Fsp3) is 0.583. The van der Waals surface area contributed by atoms with Gasteiger partial charge >= 0.3 is 0 Å². The van der Waals surface area contributed by atoms with E-state index in [1.807, 2.05) is 5.57 Å². The number of allylic oxidation sites excluding steroid dienone is 11. The summed E-state index contributed by atoms with van der Waals surface area (Å²) in [5.74, 6) is 4.34. The van der Waals surface area contributed by atoms with Crippen LogP contribution in [-0.4, -0.2) is 32.1 Å². The third-order valence-electron chi connectivity index (χ3n) is 15.4. The Labute approximate surface area is 311 Å². The molecule has 2 aliphatic heterocycles. The van der Waals surface area contributed by atoms with E-state index in [1.165, 1.54) is 127 Å². The Morgan fingerprint density at radius 2 is 1.55 bits per heavy atom. The van der Waals surface area contributed by atoms with Crippen LogP contribution in [0.5, 0.6) is 0 Å². The van der Waals surface area contributed by atoms with Crippen LogP contribution in [0.3, 0.4) is 0 Å². The zero-order chi connectivity index (χ0) is 33.5. The van der Waals surface area contributed by atoms with Gasteiger partial charge in [0.25, 0.3) is 0 Å². The van der Waals surface area contributed by atoms with Crippen LogP contribution in [0.2, 0.25) is 0 Å². The molecule has 0 amide bonds. The molecule has 10 aliphatic rings. The lowest BCUT2D eigenvalue weighted by Gasteiger charge is -2.50. The second-order valence-electron chi connectivity index (χ2n) is 17.8. The Morgan fingerprint density at radius 3 is 2.45 bits per heavy atom. The van der Waals surface area contributed by atoms with Crippen LogP contribution in [0.15, 0.2) is 77.6 Å². The number of hydrogen-bond donors (Lipinski definition) is 0. The highest BCUT2D eigenvalue weighted by atomic mass is 32.2. The largest absolute Gasteiger partial charge is 0.367 e. The molecule has 0 N–H and O–H groups in total. The standard InChI is InChI=1S/C48H58N2S/c1-3-14-31(15-4-1)35-28-29-43(48-47(35)39-20-9-12-25-45(39)51-48)50-40-22-10-7-18-36(40)37-27-26-32(30-44(37)50)34-21-13-24-42-46(34)38-19-8-11-23-41(38)49(42)33-16-5-2-6-17-33/h7,11-14,16,18,23-27,32,34-36,39-40,43,45,47-48H,1-6,8-10,15,17,19-22,28-30H2. The Hall–Kier alpha value is -2.65. The highest BCUT2D eigenvalue weighted by Crippen LogP contribution is 2.61. The molecule has 10 unspecified atom stereocenters. The zero-order valence-electron chi connectivity index (χ0n) is 30.7. The van der Waals surface area contributed by atoms with E-state index >= 15 is 0 Å². The lowest BCUT2D eigenvalue weighted by molar-refractivity contribution is 0.0831. The number of fused-ring (bicyclic) bond motifs is 8. The average molecular weight is 695 g/mol. The topological polar surface area (TPSA) is 8.17 Å². The van der Waals surface area contributed by atoms with E-state index in [1.54, 1.807) is 28.1 Å². The normalized spacial score (nSPS) is 39.2. The maximum Gasteiger partial charge on any atom is 0.0493 e. The van der Waals surface area contributed by atoms with Crippen LogP contribution in [-0.2, 0) is 6.42 Å². The van der Waals surface area contributed by atoms with Crippen molar-refractivity contribution in [3.05, 3.63) is 100 Å². The molecule has 1 saturated carbocycles. The summed E-state index contributed by atoms with van der Waals surface area (Å²) in [5.41, 5.74) is 13.3. The van der Waals surface area contributed by atoms with Crippen LogP contribution >= 0.6 is 11.8 Å². The first-order chi connectivity index (χ1) is 25.3. The van der Waals surface area contributed by atoms with Gasteiger partial charge in [-0.15, -0.1) is 11.8 Å². The van der Waals surface area contributed by atoms with Crippen LogP contribution < -0.4 is 0 Å². The van der Waals surface area contributed by atoms with E-state index in [0.29, 0.717) is 29.8 Å². The molecule has 2 fully saturated rings. The Morgan fingerprint density at radius 1 is 0.667 bits per heavy atom. The van der Waals surface area contributed by atoms with Gasteiger partial charge in [0.1, 0.15) is 0 Å². The van der Waals surface area contributed by atoms with Crippen molar-refractivity contribution in [2.24, 2.45) is 29.6 Å². The first-order valence-electron chi connectivity index (χ1n) is 21.5. The van der Waals surface area contributed by atoms with Gasteiger partial charge in [-0.1, -0.05) is 66.3 Å². The van der Waals surface area contributed by atoms with Crippen molar-refractivity contribution >= 4 is 29.6 Å². The van der Waals surface area contributed by atoms with Crippen LogP contribution in [0.25, 0.3) is 17.8 Å². The Balaban J connectivity index is 0.954. The predicted octanol–water partition coefficient (Wildman–Crippen LogP) is 12.2. The van der Waals surface area contributed by atoms with Crippen molar-refractivity contribution < 1.29 is 0 Å². The SMILES string of the molecule is C1=Cc2c(c3c(n2C2=CCCCC2)C=CCC3C2C=CC3=C(C2)N(C2CCC(C4=CCCCC4)C4C5CCC=CC5SC42)C2CCC=CC32)CC1. The van der Waals surface area contributed by atoms with Gasteiger partial charge in [0.2, 0.25) is 0 Å². The van der Waals surface area contributed by atoms with Gasteiger partial charge < -0.3 is 9.47 Å². The quantitative estimate of drug-likeness (QED) is 0.290. The molecule has 0 bridgehead atoms. The summed E-state index contributed by atoms with van der Waals surface area (Å²) in [7, 11) is 0. The van der Waals surface area contributed by atoms with Crippen molar-refractivity contribution in [1.29, 1.82) is 0 Å². The van der Waals surface area contributed by atoms with Crippen molar-refractivity contribution in [1.82, 2.24) is 9.47 Å². The number of nitrogens with zero attached hydrogens (tertiary/aromatic N) is 2. The molecule has 8 aliphatic carbocycles. The number of rotatable bonds is 4. The molecule has 266 valence electrons. The van der Waals surface area contributed by atoms with Gasteiger partial charge in [0.05, 0.1) is 0 Å². The van der Waals surface area contributed by atoms with Gasteiger partial charge in [0.15, 0.2) is 0 Å². The highest BCUT2D eigenvalue weighted by Gasteiger charge is 2.56. The Kier molecular flexibility index (Phi) is 8.14. The van der Waals surface area contributed by atoms with Gasteiger partial charge in [-0.3, -0.25) is 0 Å². The summed E-state index contributed by atoms with van der Waals surface area (Å²) >= 11 is 2.43. The van der Waals surface area contributed by atoms with Gasteiger partial charge in [-0.2, -0.15) is 0 Å². The second kappa shape index (κ2) is 13.0. The Bertz CT molecular complexity index is 1820. The van der Waals surface area contributed by atoms with E-state index in [2.05, 4.69) is 94.1 Å². The summed E-state index contributed by atoms with van der Waals surface area (Å²) in [4.78, 5) is 3.17. The van der Waals surface area contributed by atoms with Crippen LogP contribution in [0, 0.1) is 29.6 Å². The lowest BCUT2D eigenvalue weighted by atomic mass is 9.64. The minimum atomic E-state index is 0.576. The third-order valence-corrected chi connectivity index (χ3v) is 17.2. The van der Waals surface area contributed by atoms with E-state index in [0.717, 1.165) is 28.3 Å². The predicted molar refractivity (Wildman–Crippen MR) is 216 cm³/mol. The molecule has 11 rings (SSSR count).